The lowest BCUT2D eigenvalue weighted by atomic mass is 10.2. The number of hydrogen-bond donors (Lipinski definition) is 0. The van der Waals surface area contributed by atoms with Crippen LogP contribution in [0.15, 0.2) is 64.8 Å². The van der Waals surface area contributed by atoms with Crippen LogP contribution in [-0.4, -0.2) is 14.0 Å². The first kappa shape index (κ1) is 16.4. The second-order valence-corrected chi connectivity index (χ2v) is 6.83. The Bertz CT molecular complexity index is 1220. The minimum Gasteiger partial charge on any atom is -0.322 e. The van der Waals surface area contributed by atoms with Gasteiger partial charge < -0.3 is 4.40 Å². The first-order valence-corrected chi connectivity index (χ1v) is 9.32. The summed E-state index contributed by atoms with van der Waals surface area (Å²) in [6, 6.07) is 15.5. The molecule has 0 spiro atoms. The van der Waals surface area contributed by atoms with Gasteiger partial charge in [-0.05, 0) is 36.8 Å². The van der Waals surface area contributed by atoms with Crippen LogP contribution in [0.2, 0.25) is 0 Å². The molecule has 4 rings (SSSR count). The van der Waals surface area contributed by atoms with E-state index in [0.717, 1.165) is 11.1 Å². The molecule has 0 atom stereocenters. The number of pyridine rings is 1. The molecule has 6 heteroatoms. The molecule has 0 fully saturated rings. The van der Waals surface area contributed by atoms with Gasteiger partial charge in [-0.15, -0.1) is 0 Å². The van der Waals surface area contributed by atoms with Gasteiger partial charge >= 0.3 is 0 Å². The fraction of sp³-hybridized carbons (Fsp3) is 0.150. The maximum absolute atomic E-state index is 12.7. The second kappa shape index (κ2) is 6.70. The maximum atomic E-state index is 12.7. The average molecular weight is 360 g/mol. The van der Waals surface area contributed by atoms with Gasteiger partial charge in [0.25, 0.3) is 5.56 Å². The summed E-state index contributed by atoms with van der Waals surface area (Å²) < 4.78 is 3.64. The molecule has 0 radical (unpaired) electrons. The van der Waals surface area contributed by atoms with E-state index < -0.39 is 0 Å². The van der Waals surface area contributed by atoms with Crippen LogP contribution >= 0.6 is 11.8 Å². The lowest BCUT2D eigenvalue weighted by Gasteiger charge is -2.10. The molecule has 3 heterocycles. The van der Waals surface area contributed by atoms with Gasteiger partial charge in [-0.3, -0.25) is 9.36 Å². The Morgan fingerprint density at radius 2 is 2.00 bits per heavy atom. The van der Waals surface area contributed by atoms with E-state index in [2.05, 4.69) is 11.1 Å². The highest BCUT2D eigenvalue weighted by Gasteiger charge is 2.14. The normalized spacial score (nSPS) is 11.1. The molecule has 0 aliphatic heterocycles. The van der Waals surface area contributed by atoms with Crippen LogP contribution in [0, 0.1) is 11.3 Å². The summed E-state index contributed by atoms with van der Waals surface area (Å²) in [4.78, 5) is 17.4. The van der Waals surface area contributed by atoms with Gasteiger partial charge in [0.2, 0.25) is 0 Å². The number of benzene rings is 1. The zero-order valence-electron chi connectivity index (χ0n) is 14.2. The molecule has 0 N–H and O–H groups in total. The fourth-order valence-corrected chi connectivity index (χ4v) is 4.13. The summed E-state index contributed by atoms with van der Waals surface area (Å²) in [7, 11) is 0. The van der Waals surface area contributed by atoms with Crippen LogP contribution in [-0.2, 0) is 12.3 Å². The molecule has 0 aliphatic carbocycles. The molecule has 0 unspecified atom stereocenters. The molecule has 0 saturated carbocycles. The summed E-state index contributed by atoms with van der Waals surface area (Å²) >= 11 is 1.49. The van der Waals surface area contributed by atoms with Crippen molar-refractivity contribution in [1.29, 1.82) is 5.26 Å². The standard InChI is InChI=1S/C20H16N4OS/c1-2-24-19(25)15-7-3-4-8-17(15)22-20(24)26-13-14-12-23-10-6-5-9-18(23)16(14)11-21/h3-10,12H,2,13H2,1H3. The lowest BCUT2D eigenvalue weighted by molar-refractivity contribution is 0.634. The predicted octanol–water partition coefficient (Wildman–Crippen LogP) is 3.83. The molecule has 26 heavy (non-hydrogen) atoms. The van der Waals surface area contributed by atoms with Crippen molar-refractivity contribution in [3.8, 4) is 6.07 Å². The largest absolute Gasteiger partial charge is 0.322 e. The summed E-state index contributed by atoms with van der Waals surface area (Å²) in [5.74, 6) is 0.579. The Kier molecular flexibility index (Phi) is 4.23. The highest BCUT2D eigenvalue weighted by molar-refractivity contribution is 7.98. The summed E-state index contributed by atoms with van der Waals surface area (Å²) in [5.41, 5.74) is 3.18. The van der Waals surface area contributed by atoms with Gasteiger partial charge in [-0.25, -0.2) is 4.98 Å². The maximum Gasteiger partial charge on any atom is 0.262 e. The van der Waals surface area contributed by atoms with Gasteiger partial charge in [-0.2, -0.15) is 5.26 Å². The van der Waals surface area contributed by atoms with E-state index in [0.29, 0.717) is 33.9 Å². The number of rotatable bonds is 4. The van der Waals surface area contributed by atoms with E-state index in [1.165, 1.54) is 11.8 Å². The molecular formula is C20H16N4OS. The van der Waals surface area contributed by atoms with Crippen molar-refractivity contribution in [2.75, 3.05) is 0 Å². The smallest absolute Gasteiger partial charge is 0.262 e. The molecule has 1 aromatic carbocycles. The van der Waals surface area contributed by atoms with E-state index in [4.69, 9.17) is 0 Å². The number of nitriles is 1. The van der Waals surface area contributed by atoms with E-state index in [-0.39, 0.29) is 5.56 Å². The minimum absolute atomic E-state index is 0.0249. The predicted molar refractivity (Wildman–Crippen MR) is 103 cm³/mol. The zero-order valence-corrected chi connectivity index (χ0v) is 15.0. The molecule has 0 bridgehead atoms. The van der Waals surface area contributed by atoms with Gasteiger partial charge in [-0.1, -0.05) is 30.0 Å². The summed E-state index contributed by atoms with van der Waals surface area (Å²) in [6.45, 7) is 2.50. The number of fused-ring (bicyclic) bond motifs is 2. The van der Waals surface area contributed by atoms with Gasteiger partial charge in [0.1, 0.15) is 6.07 Å². The molecule has 4 aromatic rings. The number of para-hydroxylation sites is 1. The van der Waals surface area contributed by atoms with Crippen molar-refractivity contribution in [2.45, 2.75) is 24.4 Å². The minimum atomic E-state index is -0.0249. The van der Waals surface area contributed by atoms with Gasteiger partial charge in [0.15, 0.2) is 5.16 Å². The Labute approximate surface area is 154 Å². The van der Waals surface area contributed by atoms with Crippen LogP contribution in [0.4, 0.5) is 0 Å². The van der Waals surface area contributed by atoms with Crippen molar-refractivity contribution in [3.63, 3.8) is 0 Å². The second-order valence-electron chi connectivity index (χ2n) is 5.88. The topological polar surface area (TPSA) is 63.1 Å². The van der Waals surface area contributed by atoms with Crippen molar-refractivity contribution < 1.29 is 0 Å². The highest BCUT2D eigenvalue weighted by Crippen LogP contribution is 2.26. The van der Waals surface area contributed by atoms with Crippen LogP contribution in [0.1, 0.15) is 18.1 Å². The van der Waals surface area contributed by atoms with Crippen molar-refractivity contribution in [2.24, 2.45) is 0 Å². The van der Waals surface area contributed by atoms with Gasteiger partial charge in [0, 0.05) is 24.7 Å². The van der Waals surface area contributed by atoms with E-state index >= 15 is 0 Å². The quantitative estimate of drug-likeness (QED) is 0.410. The third-order valence-electron chi connectivity index (χ3n) is 4.37. The molecule has 128 valence electrons. The molecule has 5 nitrogen and oxygen atoms in total. The number of aromatic nitrogens is 3. The Hall–Kier alpha value is -3.04. The first-order valence-electron chi connectivity index (χ1n) is 8.34. The number of nitrogens with zero attached hydrogens (tertiary/aromatic N) is 4. The van der Waals surface area contributed by atoms with E-state index in [1.807, 2.05) is 60.1 Å². The summed E-state index contributed by atoms with van der Waals surface area (Å²) in [5, 5.41) is 10.9. The van der Waals surface area contributed by atoms with Crippen LogP contribution < -0.4 is 5.56 Å². The molecule has 3 aromatic heterocycles. The van der Waals surface area contributed by atoms with Crippen molar-refractivity contribution in [1.82, 2.24) is 14.0 Å². The van der Waals surface area contributed by atoms with Crippen LogP contribution in [0.5, 0.6) is 0 Å². The Morgan fingerprint density at radius 1 is 1.19 bits per heavy atom. The molecule has 0 aliphatic rings. The van der Waals surface area contributed by atoms with Crippen LogP contribution in [0.25, 0.3) is 16.4 Å². The average Bonchev–Trinajstić information content (AvgIpc) is 3.04. The molecule has 0 amide bonds. The monoisotopic (exact) mass is 360 g/mol. The van der Waals surface area contributed by atoms with Crippen molar-refractivity contribution in [3.05, 3.63) is 76.3 Å². The van der Waals surface area contributed by atoms with Crippen molar-refractivity contribution >= 4 is 28.2 Å². The Balaban J connectivity index is 1.75. The van der Waals surface area contributed by atoms with E-state index in [1.54, 1.807) is 10.6 Å². The Morgan fingerprint density at radius 3 is 2.81 bits per heavy atom. The third-order valence-corrected chi connectivity index (χ3v) is 5.40. The first-order chi connectivity index (χ1) is 12.7. The zero-order chi connectivity index (χ0) is 18.1. The lowest BCUT2D eigenvalue weighted by Crippen LogP contribution is -2.22. The molecule has 0 saturated heterocycles. The summed E-state index contributed by atoms with van der Waals surface area (Å²) in [6.07, 6.45) is 3.90. The van der Waals surface area contributed by atoms with Gasteiger partial charge in [0.05, 0.1) is 22.0 Å². The van der Waals surface area contributed by atoms with Crippen LogP contribution in [0.3, 0.4) is 0 Å². The SMILES string of the molecule is CCn1c(SCc2cn3ccccc3c2C#N)nc2ccccc2c1=O. The third kappa shape index (κ3) is 2.67. The highest BCUT2D eigenvalue weighted by atomic mass is 32.2. The number of hydrogen-bond acceptors (Lipinski definition) is 4. The number of thioether (sulfide) groups is 1. The fourth-order valence-electron chi connectivity index (χ4n) is 3.09. The molecular weight excluding hydrogens is 344 g/mol. The van der Waals surface area contributed by atoms with E-state index in [9.17, 15) is 10.1 Å².